The van der Waals surface area contributed by atoms with Crippen LogP contribution in [0.15, 0.2) is 45.7 Å². The van der Waals surface area contributed by atoms with E-state index in [0.29, 0.717) is 23.8 Å². The summed E-state index contributed by atoms with van der Waals surface area (Å²) in [5, 5.41) is 11.1. The molecule has 2 heterocycles. The molecule has 2 aromatic heterocycles. The molecule has 0 unspecified atom stereocenters. The number of carbonyl (C=O) groups excluding carboxylic acids is 1. The van der Waals surface area contributed by atoms with Crippen molar-refractivity contribution in [2.24, 2.45) is 0 Å². The first-order chi connectivity index (χ1) is 12.0. The van der Waals surface area contributed by atoms with Crippen LogP contribution in [0.25, 0.3) is 11.3 Å². The maximum absolute atomic E-state index is 12.7. The Balaban J connectivity index is 2.27. The van der Waals surface area contributed by atoms with Crippen molar-refractivity contribution in [3.63, 3.8) is 0 Å². The molecule has 128 valence electrons. The fourth-order valence-electron chi connectivity index (χ4n) is 2.59. The Morgan fingerprint density at radius 2 is 2.00 bits per heavy atom. The molecule has 0 spiro atoms. The molecule has 0 amide bonds. The van der Waals surface area contributed by atoms with Crippen LogP contribution in [0.1, 0.15) is 29.9 Å². The highest BCUT2D eigenvalue weighted by Crippen LogP contribution is 2.27. The number of nitrogens with one attached hydrogen (secondary N) is 1. The van der Waals surface area contributed by atoms with Crippen LogP contribution in [-0.4, -0.2) is 20.7 Å². The molecule has 0 fully saturated rings. The largest absolute Gasteiger partial charge is 0.338 e. The van der Waals surface area contributed by atoms with E-state index in [1.807, 2.05) is 37.3 Å². The van der Waals surface area contributed by atoms with E-state index in [4.69, 9.17) is 4.52 Å². The third-order valence-corrected chi connectivity index (χ3v) is 3.73. The Kier molecular flexibility index (Phi) is 4.47. The first kappa shape index (κ1) is 16.6. The summed E-state index contributed by atoms with van der Waals surface area (Å²) in [5.74, 6) is 0.0374. The molecule has 0 bridgehead atoms. The summed E-state index contributed by atoms with van der Waals surface area (Å²) in [7, 11) is 0. The summed E-state index contributed by atoms with van der Waals surface area (Å²) in [4.78, 5) is 25.1. The smallest absolute Gasteiger partial charge is 0.291 e. The summed E-state index contributed by atoms with van der Waals surface area (Å²) in [6.07, 6.45) is 0. The van der Waals surface area contributed by atoms with Gasteiger partial charge in [-0.05, 0) is 20.8 Å². The first-order valence-electron chi connectivity index (χ1n) is 7.93. The van der Waals surface area contributed by atoms with Crippen LogP contribution in [0.3, 0.4) is 0 Å². The minimum atomic E-state index is -0.388. The number of hydrogen-bond donors (Lipinski definition) is 1. The van der Waals surface area contributed by atoms with Crippen LogP contribution in [0.5, 0.6) is 0 Å². The van der Waals surface area contributed by atoms with Gasteiger partial charge in [0.25, 0.3) is 5.56 Å². The van der Waals surface area contributed by atoms with Crippen LogP contribution in [-0.2, 0) is 6.54 Å². The zero-order valence-corrected chi connectivity index (χ0v) is 14.2. The van der Waals surface area contributed by atoms with Gasteiger partial charge < -0.3 is 9.84 Å². The van der Waals surface area contributed by atoms with Gasteiger partial charge in [0.1, 0.15) is 11.4 Å². The minimum absolute atomic E-state index is 0.138. The lowest BCUT2D eigenvalue weighted by Gasteiger charge is -2.14. The van der Waals surface area contributed by atoms with Gasteiger partial charge >= 0.3 is 0 Å². The van der Waals surface area contributed by atoms with E-state index >= 15 is 0 Å². The Hall–Kier alpha value is -3.22. The molecule has 0 atom stereocenters. The number of aromatic nitrogens is 3. The van der Waals surface area contributed by atoms with Crippen molar-refractivity contribution in [3.8, 4) is 11.3 Å². The lowest BCUT2D eigenvalue weighted by atomic mass is 10.0. The minimum Gasteiger partial charge on any atom is -0.338 e. The predicted octanol–water partition coefficient (Wildman–Crippen LogP) is 3.17. The van der Waals surface area contributed by atoms with Gasteiger partial charge in [-0.3, -0.25) is 9.59 Å². The normalized spacial score (nSPS) is 10.7. The van der Waals surface area contributed by atoms with Gasteiger partial charge in [-0.25, -0.2) is 4.68 Å². The van der Waals surface area contributed by atoms with Gasteiger partial charge in [-0.2, -0.15) is 5.10 Å². The third kappa shape index (κ3) is 3.21. The summed E-state index contributed by atoms with van der Waals surface area (Å²) >= 11 is 0. The van der Waals surface area contributed by atoms with Gasteiger partial charge in [0.05, 0.1) is 11.3 Å². The molecule has 25 heavy (non-hydrogen) atoms. The van der Waals surface area contributed by atoms with Crippen LogP contribution in [0.4, 0.5) is 11.6 Å². The molecule has 7 heteroatoms. The van der Waals surface area contributed by atoms with Crippen LogP contribution < -0.4 is 10.9 Å². The summed E-state index contributed by atoms with van der Waals surface area (Å²) in [6.45, 7) is 5.38. The van der Waals surface area contributed by atoms with Gasteiger partial charge in [0.15, 0.2) is 5.78 Å². The van der Waals surface area contributed by atoms with Crippen molar-refractivity contribution < 1.29 is 9.32 Å². The Morgan fingerprint density at radius 3 is 2.56 bits per heavy atom. The fraction of sp³-hybridized carbons (Fsp3) is 0.222. The average Bonchev–Trinajstić information content (AvgIpc) is 3.02. The number of ketones is 1. The van der Waals surface area contributed by atoms with Gasteiger partial charge in [-0.1, -0.05) is 35.5 Å². The number of benzene rings is 1. The third-order valence-electron chi connectivity index (χ3n) is 3.73. The average molecular weight is 338 g/mol. The molecule has 1 aromatic carbocycles. The first-order valence-corrected chi connectivity index (χ1v) is 7.93. The Morgan fingerprint density at radius 1 is 1.28 bits per heavy atom. The van der Waals surface area contributed by atoms with E-state index < -0.39 is 0 Å². The van der Waals surface area contributed by atoms with Crippen molar-refractivity contribution in [1.82, 2.24) is 14.9 Å². The van der Waals surface area contributed by atoms with Crippen molar-refractivity contribution in [3.05, 3.63) is 58.0 Å². The summed E-state index contributed by atoms with van der Waals surface area (Å²) < 4.78 is 6.46. The number of nitrogens with zero attached hydrogens (tertiary/aromatic N) is 3. The molecule has 7 nitrogen and oxygen atoms in total. The molecule has 3 aromatic rings. The number of carbonyl (C=O) groups is 1. The quantitative estimate of drug-likeness (QED) is 0.719. The molecule has 0 aliphatic rings. The topological polar surface area (TPSA) is 90.0 Å². The van der Waals surface area contributed by atoms with E-state index in [0.717, 1.165) is 5.56 Å². The second kappa shape index (κ2) is 6.72. The molecule has 0 aliphatic carbocycles. The zero-order chi connectivity index (χ0) is 18.0. The van der Waals surface area contributed by atoms with E-state index in [1.54, 1.807) is 13.0 Å². The molecule has 1 N–H and O–H groups in total. The molecular formula is C18H18N4O3. The van der Waals surface area contributed by atoms with Gasteiger partial charge in [0, 0.05) is 18.2 Å². The maximum Gasteiger partial charge on any atom is 0.291 e. The van der Waals surface area contributed by atoms with E-state index in [9.17, 15) is 9.59 Å². The predicted molar refractivity (Wildman–Crippen MR) is 94.1 cm³/mol. The summed E-state index contributed by atoms with van der Waals surface area (Å²) in [5.41, 5.74) is 1.86. The number of hydrogen-bond acceptors (Lipinski definition) is 6. The Bertz CT molecular complexity index is 974. The van der Waals surface area contributed by atoms with Crippen molar-refractivity contribution in [2.45, 2.75) is 27.3 Å². The zero-order valence-electron chi connectivity index (χ0n) is 14.2. The van der Waals surface area contributed by atoms with E-state index in [-0.39, 0.29) is 22.6 Å². The molecule has 0 aliphatic heterocycles. The number of Topliss-reactive ketones (excluding diaryl/α,β-unsaturated/α-hetero) is 1. The molecular weight excluding hydrogens is 320 g/mol. The van der Waals surface area contributed by atoms with E-state index in [2.05, 4.69) is 15.6 Å². The van der Waals surface area contributed by atoms with Crippen molar-refractivity contribution in [1.29, 1.82) is 0 Å². The van der Waals surface area contributed by atoms with Crippen LogP contribution in [0, 0.1) is 6.92 Å². The standard InChI is InChI=1S/C18H18N4O3/c1-4-22-18(24)17(19-14-10-11(2)21-25-14)15(12(3)23)16(20-22)13-8-6-5-7-9-13/h5-10,19H,4H2,1-3H3. The molecule has 0 saturated heterocycles. The summed E-state index contributed by atoms with van der Waals surface area (Å²) in [6, 6.07) is 10.9. The van der Waals surface area contributed by atoms with Crippen LogP contribution in [0.2, 0.25) is 0 Å². The number of aryl methyl sites for hydroxylation is 2. The highest BCUT2D eigenvalue weighted by molar-refractivity contribution is 6.05. The van der Waals surface area contributed by atoms with Gasteiger partial charge in [-0.15, -0.1) is 0 Å². The Labute approximate surface area is 144 Å². The fourth-order valence-corrected chi connectivity index (χ4v) is 2.59. The van der Waals surface area contributed by atoms with Gasteiger partial charge in [0.2, 0.25) is 5.88 Å². The number of anilines is 2. The molecule has 3 rings (SSSR count). The van der Waals surface area contributed by atoms with E-state index in [1.165, 1.54) is 11.6 Å². The second-order valence-electron chi connectivity index (χ2n) is 5.60. The highest BCUT2D eigenvalue weighted by Gasteiger charge is 2.22. The maximum atomic E-state index is 12.7. The van der Waals surface area contributed by atoms with Crippen molar-refractivity contribution >= 4 is 17.4 Å². The van der Waals surface area contributed by atoms with Crippen LogP contribution >= 0.6 is 0 Å². The lowest BCUT2D eigenvalue weighted by Crippen LogP contribution is -2.28. The second-order valence-corrected chi connectivity index (χ2v) is 5.60. The monoisotopic (exact) mass is 338 g/mol. The molecule has 0 radical (unpaired) electrons. The molecule has 0 saturated carbocycles. The highest BCUT2D eigenvalue weighted by atomic mass is 16.5. The SMILES string of the molecule is CCn1nc(-c2ccccc2)c(C(C)=O)c(Nc2cc(C)no2)c1=O. The van der Waals surface area contributed by atoms with Crippen molar-refractivity contribution in [2.75, 3.05) is 5.32 Å². The number of rotatable bonds is 5. The lowest BCUT2D eigenvalue weighted by molar-refractivity contribution is 0.101.